The summed E-state index contributed by atoms with van der Waals surface area (Å²) in [5.41, 5.74) is 9.19. The first kappa shape index (κ1) is 11.7. The van der Waals surface area contributed by atoms with Crippen LogP contribution in [0.1, 0.15) is 11.1 Å². The number of hydrogen-bond donors (Lipinski definition) is 1. The van der Waals surface area contributed by atoms with Gasteiger partial charge in [-0.1, -0.05) is 29.8 Å². The molecule has 2 aromatic carbocycles. The molecule has 17 heavy (non-hydrogen) atoms. The highest BCUT2D eigenvalue weighted by molar-refractivity contribution is 6.31. The summed E-state index contributed by atoms with van der Waals surface area (Å²) >= 11 is 6.01. The highest BCUT2D eigenvalue weighted by atomic mass is 35.5. The van der Waals surface area contributed by atoms with Crippen LogP contribution in [0.25, 0.3) is 11.1 Å². The first-order valence-corrected chi connectivity index (χ1v) is 5.61. The number of nitrogens with two attached hydrogens (primary N) is 1. The van der Waals surface area contributed by atoms with Gasteiger partial charge in [0.1, 0.15) is 0 Å². The topological polar surface area (TPSA) is 49.8 Å². The van der Waals surface area contributed by atoms with Gasteiger partial charge in [-0.25, -0.2) is 0 Å². The van der Waals surface area contributed by atoms with E-state index < -0.39 is 0 Å². The molecule has 0 radical (unpaired) electrons. The number of benzene rings is 2. The zero-order valence-electron chi connectivity index (χ0n) is 9.15. The van der Waals surface area contributed by atoms with E-state index in [1.165, 1.54) is 0 Å². The molecule has 0 heterocycles. The summed E-state index contributed by atoms with van der Waals surface area (Å²) in [6, 6.07) is 15.3. The molecule has 2 nitrogen and oxygen atoms in total. The van der Waals surface area contributed by atoms with Gasteiger partial charge in [0.15, 0.2) is 0 Å². The van der Waals surface area contributed by atoms with Crippen molar-refractivity contribution in [1.82, 2.24) is 0 Å². The van der Waals surface area contributed by atoms with Gasteiger partial charge < -0.3 is 5.73 Å². The van der Waals surface area contributed by atoms with Gasteiger partial charge in [0.2, 0.25) is 0 Å². The van der Waals surface area contributed by atoms with E-state index in [2.05, 4.69) is 6.07 Å². The van der Waals surface area contributed by atoms with Crippen molar-refractivity contribution in [3.8, 4) is 17.2 Å². The highest BCUT2D eigenvalue weighted by Gasteiger charge is 2.03. The molecule has 0 atom stereocenters. The minimum absolute atomic E-state index is 0.407. The number of nitriles is 1. The fourth-order valence-corrected chi connectivity index (χ4v) is 1.87. The standard InChI is InChI=1S/C14H11ClN2/c15-14-5-4-12(7-13(14)9-17)11-3-1-2-10(6-11)8-16/h1-7H,9,17H2. The Morgan fingerprint density at radius 3 is 2.59 bits per heavy atom. The second-order valence-electron chi connectivity index (χ2n) is 3.70. The average Bonchev–Trinajstić information content (AvgIpc) is 2.39. The van der Waals surface area contributed by atoms with Crippen LogP contribution in [0.3, 0.4) is 0 Å². The van der Waals surface area contributed by atoms with Crippen molar-refractivity contribution in [1.29, 1.82) is 5.26 Å². The van der Waals surface area contributed by atoms with Crippen LogP contribution in [-0.4, -0.2) is 0 Å². The minimum Gasteiger partial charge on any atom is -0.326 e. The van der Waals surface area contributed by atoms with Gasteiger partial charge in [0.25, 0.3) is 0 Å². The molecule has 0 saturated carbocycles. The Bertz CT molecular complexity index is 585. The van der Waals surface area contributed by atoms with E-state index >= 15 is 0 Å². The van der Waals surface area contributed by atoms with Crippen LogP contribution in [0.2, 0.25) is 5.02 Å². The van der Waals surface area contributed by atoms with Gasteiger partial charge in [-0.2, -0.15) is 5.26 Å². The fraction of sp³-hybridized carbons (Fsp3) is 0.0714. The molecule has 2 rings (SSSR count). The van der Waals surface area contributed by atoms with E-state index in [0.29, 0.717) is 17.1 Å². The van der Waals surface area contributed by atoms with Crippen LogP contribution in [0.15, 0.2) is 42.5 Å². The molecule has 0 aliphatic carbocycles. The summed E-state index contributed by atoms with van der Waals surface area (Å²) in [7, 11) is 0. The van der Waals surface area contributed by atoms with E-state index in [4.69, 9.17) is 22.6 Å². The molecule has 0 unspecified atom stereocenters. The van der Waals surface area contributed by atoms with Crippen molar-refractivity contribution in [2.24, 2.45) is 5.73 Å². The van der Waals surface area contributed by atoms with Crippen LogP contribution < -0.4 is 5.73 Å². The maximum absolute atomic E-state index is 8.86. The van der Waals surface area contributed by atoms with Crippen LogP contribution in [0.4, 0.5) is 0 Å². The third-order valence-corrected chi connectivity index (χ3v) is 2.96. The number of rotatable bonds is 2. The molecule has 2 aromatic rings. The smallest absolute Gasteiger partial charge is 0.0991 e. The summed E-state index contributed by atoms with van der Waals surface area (Å²) in [5, 5.41) is 9.54. The Morgan fingerprint density at radius 2 is 1.88 bits per heavy atom. The number of nitrogens with zero attached hydrogens (tertiary/aromatic N) is 1. The second-order valence-corrected chi connectivity index (χ2v) is 4.11. The summed E-state index contributed by atoms with van der Waals surface area (Å²) in [6.07, 6.45) is 0. The minimum atomic E-state index is 0.407. The molecule has 0 aromatic heterocycles. The lowest BCUT2D eigenvalue weighted by molar-refractivity contribution is 1.07. The predicted octanol–water partition coefficient (Wildman–Crippen LogP) is 3.34. The van der Waals surface area contributed by atoms with Crippen molar-refractivity contribution < 1.29 is 0 Å². The van der Waals surface area contributed by atoms with Crippen molar-refractivity contribution in [2.45, 2.75) is 6.54 Å². The zero-order chi connectivity index (χ0) is 12.3. The van der Waals surface area contributed by atoms with Crippen molar-refractivity contribution >= 4 is 11.6 Å². The van der Waals surface area contributed by atoms with E-state index in [9.17, 15) is 0 Å². The van der Waals surface area contributed by atoms with Crippen LogP contribution in [-0.2, 0) is 6.54 Å². The summed E-state index contributed by atoms with van der Waals surface area (Å²) < 4.78 is 0. The van der Waals surface area contributed by atoms with Gasteiger partial charge >= 0.3 is 0 Å². The van der Waals surface area contributed by atoms with Crippen molar-refractivity contribution in [3.63, 3.8) is 0 Å². The third kappa shape index (κ3) is 2.47. The monoisotopic (exact) mass is 242 g/mol. The normalized spacial score (nSPS) is 9.94. The van der Waals surface area contributed by atoms with E-state index in [1.807, 2.05) is 36.4 Å². The second kappa shape index (κ2) is 5.01. The summed E-state index contributed by atoms with van der Waals surface area (Å²) in [4.78, 5) is 0. The van der Waals surface area contributed by atoms with Gasteiger partial charge in [-0.05, 0) is 41.0 Å². The molecule has 0 amide bonds. The Hall–Kier alpha value is -1.82. The Labute approximate surface area is 105 Å². The molecular weight excluding hydrogens is 232 g/mol. The average molecular weight is 243 g/mol. The molecule has 2 N–H and O–H groups in total. The van der Waals surface area contributed by atoms with E-state index in [1.54, 1.807) is 6.07 Å². The first-order valence-electron chi connectivity index (χ1n) is 5.23. The highest BCUT2D eigenvalue weighted by Crippen LogP contribution is 2.25. The largest absolute Gasteiger partial charge is 0.326 e. The summed E-state index contributed by atoms with van der Waals surface area (Å²) in [5.74, 6) is 0. The molecule has 0 saturated heterocycles. The summed E-state index contributed by atoms with van der Waals surface area (Å²) in [6.45, 7) is 0.407. The van der Waals surface area contributed by atoms with Crippen LogP contribution >= 0.6 is 11.6 Å². The maximum Gasteiger partial charge on any atom is 0.0991 e. The molecule has 0 aliphatic heterocycles. The Kier molecular flexibility index (Phi) is 3.43. The van der Waals surface area contributed by atoms with Crippen molar-refractivity contribution in [2.75, 3.05) is 0 Å². The quantitative estimate of drug-likeness (QED) is 0.878. The van der Waals surface area contributed by atoms with Gasteiger partial charge in [-0.3, -0.25) is 0 Å². The van der Waals surface area contributed by atoms with Gasteiger partial charge in [-0.15, -0.1) is 0 Å². The molecule has 0 spiro atoms. The number of halogens is 1. The molecule has 0 bridgehead atoms. The molecule has 3 heteroatoms. The predicted molar refractivity (Wildman–Crippen MR) is 69.5 cm³/mol. The lowest BCUT2D eigenvalue weighted by Crippen LogP contribution is -1.97. The van der Waals surface area contributed by atoms with Gasteiger partial charge in [0.05, 0.1) is 11.6 Å². The lowest BCUT2D eigenvalue weighted by Gasteiger charge is -2.06. The third-order valence-electron chi connectivity index (χ3n) is 2.59. The lowest BCUT2D eigenvalue weighted by atomic mass is 10.0. The molecule has 0 fully saturated rings. The molecule has 0 aliphatic rings. The molecule has 84 valence electrons. The zero-order valence-corrected chi connectivity index (χ0v) is 9.91. The fourth-order valence-electron chi connectivity index (χ4n) is 1.68. The first-order chi connectivity index (χ1) is 8.24. The maximum atomic E-state index is 8.86. The number of hydrogen-bond acceptors (Lipinski definition) is 2. The Balaban J connectivity index is 2.49. The van der Waals surface area contributed by atoms with Gasteiger partial charge in [0, 0.05) is 11.6 Å². The molecular formula is C14H11ClN2. The van der Waals surface area contributed by atoms with E-state index in [-0.39, 0.29) is 0 Å². The van der Waals surface area contributed by atoms with Crippen molar-refractivity contribution in [3.05, 3.63) is 58.6 Å². The van der Waals surface area contributed by atoms with E-state index in [0.717, 1.165) is 16.7 Å². The van der Waals surface area contributed by atoms with Crippen LogP contribution in [0.5, 0.6) is 0 Å². The Morgan fingerprint density at radius 1 is 1.12 bits per heavy atom. The SMILES string of the molecule is N#Cc1cccc(-c2ccc(Cl)c(CN)c2)c1. The van der Waals surface area contributed by atoms with Crippen LogP contribution in [0, 0.1) is 11.3 Å².